The number of rotatable bonds is 1. The molecule has 8 aromatic rings. The Morgan fingerprint density at radius 2 is 0.900 bits per heavy atom. The van der Waals surface area contributed by atoms with E-state index in [1.165, 1.54) is 21.5 Å². The van der Waals surface area contributed by atoms with Crippen molar-refractivity contribution in [3.8, 4) is 11.1 Å². The third kappa shape index (κ3) is 3.01. The number of nitrogen functional groups attached to an aromatic ring is 4. The molecule has 0 radical (unpaired) electrons. The fourth-order valence-electron chi connectivity index (χ4n) is 6.48. The number of benzene rings is 8. The highest BCUT2D eigenvalue weighted by Crippen LogP contribution is 2.44. The normalized spacial score (nSPS) is 11.9. The molecule has 0 aliphatic carbocycles. The molecule has 4 nitrogen and oxygen atoms in total. The first-order valence-corrected chi connectivity index (χ1v) is 13.4. The Labute approximate surface area is 230 Å². The summed E-state index contributed by atoms with van der Waals surface area (Å²) in [4.78, 5) is 0. The first-order chi connectivity index (χ1) is 19.5. The van der Waals surface area contributed by atoms with Gasteiger partial charge in [0.15, 0.2) is 0 Å². The Morgan fingerprint density at radius 3 is 1.73 bits per heavy atom. The van der Waals surface area contributed by atoms with E-state index in [1.807, 2.05) is 18.2 Å². The van der Waals surface area contributed by atoms with Gasteiger partial charge in [-0.05, 0) is 101 Å². The number of nitrogens with two attached hydrogens (primary N) is 4. The van der Waals surface area contributed by atoms with Gasteiger partial charge in [0.1, 0.15) is 0 Å². The highest BCUT2D eigenvalue weighted by atomic mass is 14.7. The summed E-state index contributed by atoms with van der Waals surface area (Å²) >= 11 is 0. The molecule has 0 saturated heterocycles. The van der Waals surface area contributed by atoms with E-state index in [2.05, 4.69) is 91.0 Å². The van der Waals surface area contributed by atoms with Gasteiger partial charge in [0.25, 0.3) is 0 Å². The van der Waals surface area contributed by atoms with Gasteiger partial charge in [-0.1, -0.05) is 78.9 Å². The van der Waals surface area contributed by atoms with Crippen LogP contribution in [0.3, 0.4) is 0 Å². The van der Waals surface area contributed by atoms with Crippen molar-refractivity contribution in [3.05, 3.63) is 109 Å². The zero-order chi connectivity index (χ0) is 27.1. The minimum absolute atomic E-state index is 0.583. The van der Waals surface area contributed by atoms with Crippen LogP contribution in [0, 0.1) is 0 Å². The summed E-state index contributed by atoms with van der Waals surface area (Å²) in [5.41, 5.74) is 30.1. The van der Waals surface area contributed by atoms with E-state index in [0.29, 0.717) is 22.7 Å². The summed E-state index contributed by atoms with van der Waals surface area (Å²) in [6.45, 7) is 0. The molecule has 0 atom stereocenters. The first kappa shape index (κ1) is 22.5. The third-order valence-electron chi connectivity index (χ3n) is 8.45. The van der Waals surface area contributed by atoms with Crippen LogP contribution in [0.2, 0.25) is 0 Å². The van der Waals surface area contributed by atoms with Gasteiger partial charge in [-0.25, -0.2) is 0 Å². The molecule has 8 rings (SSSR count). The lowest BCUT2D eigenvalue weighted by atomic mass is 9.88. The lowest BCUT2D eigenvalue weighted by Crippen LogP contribution is -1.97. The number of anilines is 4. The van der Waals surface area contributed by atoms with Gasteiger partial charge in [-0.15, -0.1) is 0 Å². The molecule has 4 heteroatoms. The van der Waals surface area contributed by atoms with Crippen molar-refractivity contribution in [2.45, 2.75) is 0 Å². The summed E-state index contributed by atoms with van der Waals surface area (Å²) in [7, 11) is 0. The maximum atomic E-state index is 6.54. The number of hydrogen-bond acceptors (Lipinski definition) is 4. The average Bonchev–Trinajstić information content (AvgIpc) is 2.98. The predicted octanol–water partition coefficient (Wildman–Crippen LogP) is 8.60. The summed E-state index contributed by atoms with van der Waals surface area (Å²) in [5.74, 6) is 0. The zero-order valence-electron chi connectivity index (χ0n) is 21.7. The second-order valence-corrected chi connectivity index (χ2v) is 10.6. The van der Waals surface area contributed by atoms with Gasteiger partial charge in [0.05, 0.1) is 22.7 Å². The van der Waals surface area contributed by atoms with Gasteiger partial charge >= 0.3 is 0 Å². The van der Waals surface area contributed by atoms with Crippen LogP contribution < -0.4 is 22.9 Å². The fourth-order valence-corrected chi connectivity index (χ4v) is 6.48. The second kappa shape index (κ2) is 8.01. The average molecular weight is 515 g/mol. The Balaban J connectivity index is 1.54. The van der Waals surface area contributed by atoms with Gasteiger partial charge in [-0.3, -0.25) is 0 Å². The highest BCUT2D eigenvalue weighted by molar-refractivity contribution is 6.30. The van der Waals surface area contributed by atoms with E-state index in [0.717, 1.165) is 54.2 Å². The van der Waals surface area contributed by atoms with Crippen molar-refractivity contribution in [2.75, 3.05) is 22.9 Å². The summed E-state index contributed by atoms with van der Waals surface area (Å²) in [6, 6.07) is 38.3. The van der Waals surface area contributed by atoms with Gasteiger partial charge < -0.3 is 22.9 Å². The lowest BCUT2D eigenvalue weighted by molar-refractivity contribution is 1.69. The molecule has 0 saturated carbocycles. The van der Waals surface area contributed by atoms with Crippen molar-refractivity contribution >= 4 is 87.4 Å². The topological polar surface area (TPSA) is 104 Å². The van der Waals surface area contributed by atoms with E-state index >= 15 is 0 Å². The monoisotopic (exact) mass is 514 g/mol. The van der Waals surface area contributed by atoms with Crippen LogP contribution in [0.1, 0.15) is 0 Å². The Bertz CT molecular complexity index is 2350. The van der Waals surface area contributed by atoms with Crippen LogP contribution in [-0.2, 0) is 0 Å². The molecule has 0 bridgehead atoms. The molecular formula is C36H26N4. The molecule has 40 heavy (non-hydrogen) atoms. The maximum absolute atomic E-state index is 6.54. The molecule has 8 N–H and O–H groups in total. The highest BCUT2D eigenvalue weighted by Gasteiger charge is 2.16. The molecule has 0 spiro atoms. The van der Waals surface area contributed by atoms with E-state index in [4.69, 9.17) is 22.9 Å². The van der Waals surface area contributed by atoms with Gasteiger partial charge in [-0.2, -0.15) is 0 Å². The SMILES string of the molecule is Nc1cc2c(-c3ccc4c(c3)c3ccccc3c3c(N)c(N)ccc43)cc3c4ccccc4ccc3c2cc1N. The summed E-state index contributed by atoms with van der Waals surface area (Å²) in [5, 5.41) is 13.6. The van der Waals surface area contributed by atoms with Crippen molar-refractivity contribution < 1.29 is 0 Å². The second-order valence-electron chi connectivity index (χ2n) is 10.6. The van der Waals surface area contributed by atoms with E-state index < -0.39 is 0 Å². The van der Waals surface area contributed by atoms with Crippen LogP contribution >= 0.6 is 0 Å². The maximum Gasteiger partial charge on any atom is 0.0633 e. The molecule has 0 heterocycles. The van der Waals surface area contributed by atoms with Gasteiger partial charge in [0, 0.05) is 5.39 Å². The third-order valence-corrected chi connectivity index (χ3v) is 8.45. The molecule has 0 amide bonds. The zero-order valence-corrected chi connectivity index (χ0v) is 21.7. The van der Waals surface area contributed by atoms with Gasteiger partial charge in [0.2, 0.25) is 0 Å². The molecule has 0 fully saturated rings. The Morgan fingerprint density at radius 1 is 0.350 bits per heavy atom. The van der Waals surface area contributed by atoms with Crippen LogP contribution in [0.4, 0.5) is 22.7 Å². The molecule has 0 unspecified atom stereocenters. The number of fused-ring (bicyclic) bond motifs is 11. The fraction of sp³-hybridized carbons (Fsp3) is 0. The van der Waals surface area contributed by atoms with E-state index in [1.54, 1.807) is 0 Å². The summed E-state index contributed by atoms with van der Waals surface area (Å²) in [6.07, 6.45) is 0. The van der Waals surface area contributed by atoms with Crippen molar-refractivity contribution in [3.63, 3.8) is 0 Å². The molecule has 0 aliphatic rings. The van der Waals surface area contributed by atoms with Crippen molar-refractivity contribution in [1.29, 1.82) is 0 Å². The molecule has 190 valence electrons. The van der Waals surface area contributed by atoms with Crippen LogP contribution in [0.5, 0.6) is 0 Å². The Hall–Kier alpha value is -5.48. The minimum atomic E-state index is 0.583. The smallest absolute Gasteiger partial charge is 0.0633 e. The predicted molar refractivity (Wildman–Crippen MR) is 175 cm³/mol. The first-order valence-electron chi connectivity index (χ1n) is 13.4. The van der Waals surface area contributed by atoms with Crippen molar-refractivity contribution in [2.24, 2.45) is 0 Å². The molecule has 0 aliphatic heterocycles. The quantitative estimate of drug-likeness (QED) is 0.130. The number of hydrogen-bond donors (Lipinski definition) is 4. The molecule has 8 aromatic carbocycles. The summed E-state index contributed by atoms with van der Waals surface area (Å²) < 4.78 is 0. The minimum Gasteiger partial charge on any atom is -0.397 e. The van der Waals surface area contributed by atoms with E-state index in [-0.39, 0.29) is 0 Å². The standard InChI is InChI=1S/C36H26N4/c37-32-14-13-26-23-12-10-20(15-28(23)22-7-3-4-8-25(22)35(26)36(32)40)27-16-29-21-6-2-1-5-19(21)9-11-24(29)30-17-33(38)34(39)18-31(27)30/h1-18H,37-40H2. The van der Waals surface area contributed by atoms with Crippen LogP contribution in [0.25, 0.3) is 75.8 Å². The Kier molecular flexibility index (Phi) is 4.51. The van der Waals surface area contributed by atoms with E-state index in [9.17, 15) is 0 Å². The molecule has 0 aromatic heterocycles. The van der Waals surface area contributed by atoms with Crippen LogP contribution in [-0.4, -0.2) is 0 Å². The van der Waals surface area contributed by atoms with Crippen LogP contribution in [0.15, 0.2) is 109 Å². The lowest BCUT2D eigenvalue weighted by Gasteiger charge is -2.17. The van der Waals surface area contributed by atoms with Crippen molar-refractivity contribution in [1.82, 2.24) is 0 Å². The largest absolute Gasteiger partial charge is 0.397 e. The molecular weight excluding hydrogens is 488 g/mol.